The van der Waals surface area contributed by atoms with Gasteiger partial charge in [0, 0.05) is 31.9 Å². The lowest BCUT2D eigenvalue weighted by molar-refractivity contribution is 0.0564. The summed E-state index contributed by atoms with van der Waals surface area (Å²) in [5, 5.41) is 2.79. The van der Waals surface area contributed by atoms with Crippen molar-refractivity contribution in [2.75, 3.05) is 44.7 Å². The largest absolute Gasteiger partial charge is 0.378 e. The molecule has 3 rings (SSSR count). The van der Waals surface area contributed by atoms with Gasteiger partial charge in [0.05, 0.1) is 18.1 Å². The zero-order chi connectivity index (χ0) is 17.0. The molecule has 0 saturated carbocycles. The number of carbonyl (C=O) groups is 1. The molecule has 8 heteroatoms. The number of ether oxygens (including phenoxy) is 1. The zero-order valence-corrected chi connectivity index (χ0v) is 14.4. The number of nitrogens with one attached hydrogen (secondary N) is 1. The van der Waals surface area contributed by atoms with Crippen molar-refractivity contribution in [2.45, 2.75) is 24.2 Å². The number of hydrogen-bond donors (Lipinski definition) is 1. The minimum absolute atomic E-state index is 0.190. The van der Waals surface area contributed by atoms with E-state index in [4.69, 9.17) is 4.74 Å². The molecule has 2 amide bonds. The number of anilines is 1. The van der Waals surface area contributed by atoms with Crippen LogP contribution in [0.3, 0.4) is 0 Å². The van der Waals surface area contributed by atoms with Gasteiger partial charge in [-0.1, -0.05) is 6.42 Å². The van der Waals surface area contributed by atoms with Crippen molar-refractivity contribution in [3.63, 3.8) is 0 Å². The number of piperidine rings is 1. The highest BCUT2D eigenvalue weighted by Crippen LogP contribution is 2.22. The SMILES string of the molecule is O=C(Nc1ccc(S(=O)(=O)N2CCCCC2)cc1)N1CCOCC1. The molecular formula is C16H23N3O4S. The Labute approximate surface area is 142 Å². The van der Waals surface area contributed by atoms with Crippen molar-refractivity contribution in [2.24, 2.45) is 0 Å². The van der Waals surface area contributed by atoms with Gasteiger partial charge < -0.3 is 15.0 Å². The van der Waals surface area contributed by atoms with E-state index < -0.39 is 10.0 Å². The van der Waals surface area contributed by atoms with Crippen LogP contribution in [0.2, 0.25) is 0 Å². The summed E-state index contributed by atoms with van der Waals surface area (Å²) in [4.78, 5) is 14.1. The van der Waals surface area contributed by atoms with Crippen LogP contribution in [0.1, 0.15) is 19.3 Å². The second kappa shape index (κ2) is 7.50. The second-order valence-electron chi connectivity index (χ2n) is 6.02. The minimum Gasteiger partial charge on any atom is -0.378 e. The van der Waals surface area contributed by atoms with Crippen LogP contribution in [0.4, 0.5) is 10.5 Å². The number of urea groups is 1. The maximum atomic E-state index is 12.6. The number of morpholine rings is 1. The van der Waals surface area contributed by atoms with Crippen molar-refractivity contribution in [1.29, 1.82) is 0 Å². The molecule has 1 aromatic carbocycles. The lowest BCUT2D eigenvalue weighted by Crippen LogP contribution is -2.43. The Morgan fingerprint density at radius 1 is 0.958 bits per heavy atom. The number of sulfonamides is 1. The van der Waals surface area contributed by atoms with E-state index in [2.05, 4.69) is 5.32 Å². The summed E-state index contributed by atoms with van der Waals surface area (Å²) in [6.45, 7) is 3.37. The molecule has 2 fully saturated rings. The summed E-state index contributed by atoms with van der Waals surface area (Å²) >= 11 is 0. The molecule has 132 valence electrons. The van der Waals surface area contributed by atoms with E-state index in [0.29, 0.717) is 45.1 Å². The molecule has 0 spiro atoms. The quantitative estimate of drug-likeness (QED) is 0.897. The third-order valence-corrected chi connectivity index (χ3v) is 6.27. The maximum Gasteiger partial charge on any atom is 0.321 e. The lowest BCUT2D eigenvalue weighted by atomic mass is 10.2. The van der Waals surface area contributed by atoms with Gasteiger partial charge in [-0.05, 0) is 37.1 Å². The normalized spacial score (nSPS) is 19.9. The highest BCUT2D eigenvalue weighted by atomic mass is 32.2. The van der Waals surface area contributed by atoms with Crippen LogP contribution < -0.4 is 5.32 Å². The molecule has 0 aromatic heterocycles. The fourth-order valence-electron chi connectivity index (χ4n) is 2.93. The Morgan fingerprint density at radius 2 is 1.58 bits per heavy atom. The fraction of sp³-hybridized carbons (Fsp3) is 0.562. The summed E-state index contributed by atoms with van der Waals surface area (Å²) in [6.07, 6.45) is 2.90. The number of nitrogens with zero attached hydrogens (tertiary/aromatic N) is 2. The monoisotopic (exact) mass is 353 g/mol. The van der Waals surface area contributed by atoms with Crippen LogP contribution >= 0.6 is 0 Å². The fourth-order valence-corrected chi connectivity index (χ4v) is 4.45. The lowest BCUT2D eigenvalue weighted by Gasteiger charge is -2.27. The van der Waals surface area contributed by atoms with E-state index in [1.165, 1.54) is 4.31 Å². The first kappa shape index (κ1) is 17.2. The molecule has 1 aromatic rings. The Morgan fingerprint density at radius 3 is 2.21 bits per heavy atom. The van der Waals surface area contributed by atoms with Crippen LogP contribution in [-0.4, -0.2) is 63.0 Å². The van der Waals surface area contributed by atoms with Gasteiger partial charge >= 0.3 is 6.03 Å². The first-order valence-electron chi connectivity index (χ1n) is 8.31. The molecule has 24 heavy (non-hydrogen) atoms. The van der Waals surface area contributed by atoms with Gasteiger partial charge in [-0.15, -0.1) is 0 Å². The standard InChI is InChI=1S/C16H23N3O4S/c20-16(18-10-12-23-13-11-18)17-14-4-6-15(7-5-14)24(21,22)19-8-2-1-3-9-19/h4-7H,1-3,8-13H2,(H,17,20). The summed E-state index contributed by atoms with van der Waals surface area (Å²) in [5.74, 6) is 0. The van der Waals surface area contributed by atoms with E-state index in [9.17, 15) is 13.2 Å². The summed E-state index contributed by atoms with van der Waals surface area (Å²) in [6, 6.07) is 6.19. The molecule has 2 aliphatic rings. The Balaban J connectivity index is 1.65. The van der Waals surface area contributed by atoms with Crippen LogP contribution in [0.15, 0.2) is 29.2 Å². The molecular weight excluding hydrogens is 330 g/mol. The van der Waals surface area contributed by atoms with Gasteiger partial charge in [0.1, 0.15) is 0 Å². The third-order valence-electron chi connectivity index (χ3n) is 4.36. The average molecular weight is 353 g/mol. The summed E-state index contributed by atoms with van der Waals surface area (Å²) in [5.41, 5.74) is 0.587. The van der Waals surface area contributed by atoms with Gasteiger partial charge in [0.2, 0.25) is 10.0 Å². The van der Waals surface area contributed by atoms with Crippen LogP contribution in [-0.2, 0) is 14.8 Å². The van der Waals surface area contributed by atoms with Crippen molar-refractivity contribution in [1.82, 2.24) is 9.21 Å². The molecule has 7 nitrogen and oxygen atoms in total. The predicted molar refractivity (Wildman–Crippen MR) is 90.5 cm³/mol. The van der Waals surface area contributed by atoms with Gasteiger partial charge in [0.15, 0.2) is 0 Å². The maximum absolute atomic E-state index is 12.6. The van der Waals surface area contributed by atoms with Gasteiger partial charge in [-0.2, -0.15) is 4.31 Å². The Bertz CT molecular complexity index is 663. The van der Waals surface area contributed by atoms with E-state index in [1.807, 2.05) is 0 Å². The molecule has 0 atom stereocenters. The number of carbonyl (C=O) groups excluding carboxylic acids is 1. The van der Waals surface area contributed by atoms with Crippen molar-refractivity contribution in [3.05, 3.63) is 24.3 Å². The summed E-state index contributed by atoms with van der Waals surface area (Å²) in [7, 11) is -3.43. The van der Waals surface area contributed by atoms with Crippen molar-refractivity contribution < 1.29 is 17.9 Å². The predicted octanol–water partition coefficient (Wildman–Crippen LogP) is 1.73. The topological polar surface area (TPSA) is 79.0 Å². The van der Waals surface area contributed by atoms with E-state index >= 15 is 0 Å². The first-order valence-corrected chi connectivity index (χ1v) is 9.75. The van der Waals surface area contributed by atoms with Gasteiger partial charge in [0.25, 0.3) is 0 Å². The van der Waals surface area contributed by atoms with Crippen molar-refractivity contribution in [3.8, 4) is 0 Å². The van der Waals surface area contributed by atoms with Crippen LogP contribution in [0, 0.1) is 0 Å². The Hall–Kier alpha value is -1.64. The second-order valence-corrected chi connectivity index (χ2v) is 7.96. The van der Waals surface area contributed by atoms with E-state index in [1.54, 1.807) is 29.2 Å². The van der Waals surface area contributed by atoms with Gasteiger partial charge in [-0.3, -0.25) is 0 Å². The molecule has 0 aliphatic carbocycles. The van der Waals surface area contributed by atoms with E-state index in [0.717, 1.165) is 19.3 Å². The molecule has 2 saturated heterocycles. The number of rotatable bonds is 3. The summed E-state index contributed by atoms with van der Waals surface area (Å²) < 4.78 is 31.9. The average Bonchev–Trinajstić information content (AvgIpc) is 2.63. The minimum atomic E-state index is -3.43. The number of amides is 2. The molecule has 2 aliphatic heterocycles. The first-order chi connectivity index (χ1) is 11.6. The van der Waals surface area contributed by atoms with Crippen LogP contribution in [0.25, 0.3) is 0 Å². The zero-order valence-electron chi connectivity index (χ0n) is 13.6. The Kier molecular flexibility index (Phi) is 5.37. The van der Waals surface area contributed by atoms with E-state index in [-0.39, 0.29) is 10.9 Å². The number of benzene rings is 1. The molecule has 2 heterocycles. The highest BCUT2D eigenvalue weighted by molar-refractivity contribution is 7.89. The van der Waals surface area contributed by atoms with Crippen molar-refractivity contribution >= 4 is 21.7 Å². The highest BCUT2D eigenvalue weighted by Gasteiger charge is 2.25. The molecule has 0 unspecified atom stereocenters. The van der Waals surface area contributed by atoms with Gasteiger partial charge in [-0.25, -0.2) is 13.2 Å². The molecule has 0 radical (unpaired) electrons. The number of hydrogen-bond acceptors (Lipinski definition) is 4. The molecule has 0 bridgehead atoms. The third kappa shape index (κ3) is 3.88. The molecule has 1 N–H and O–H groups in total. The van der Waals surface area contributed by atoms with Crippen LogP contribution in [0.5, 0.6) is 0 Å². The smallest absolute Gasteiger partial charge is 0.321 e.